The summed E-state index contributed by atoms with van der Waals surface area (Å²) in [5.74, 6) is 0.633. The summed E-state index contributed by atoms with van der Waals surface area (Å²) >= 11 is 5.02. The van der Waals surface area contributed by atoms with Gasteiger partial charge >= 0.3 is 0 Å². The highest BCUT2D eigenvalue weighted by Crippen LogP contribution is 2.22. The summed E-state index contributed by atoms with van der Waals surface area (Å²) in [4.78, 5) is 11.3. The fourth-order valence-corrected chi connectivity index (χ4v) is 2.23. The third kappa shape index (κ3) is 2.68. The number of nitrogens with zero attached hydrogens (tertiary/aromatic N) is 3. The molecule has 0 aliphatic heterocycles. The predicted molar refractivity (Wildman–Crippen MR) is 89.9 cm³/mol. The van der Waals surface area contributed by atoms with E-state index in [0.717, 1.165) is 22.2 Å². The number of benzene rings is 2. The van der Waals surface area contributed by atoms with E-state index in [9.17, 15) is 0 Å². The SMILES string of the molecule is CN(c1cccc(C(N)=S)c1)c1ncc2ccccc2n1. The van der Waals surface area contributed by atoms with Gasteiger partial charge in [-0.05, 0) is 18.2 Å². The maximum absolute atomic E-state index is 5.68. The molecule has 0 saturated heterocycles. The van der Waals surface area contributed by atoms with Gasteiger partial charge in [0, 0.05) is 29.9 Å². The summed E-state index contributed by atoms with van der Waals surface area (Å²) in [5.41, 5.74) is 8.36. The molecule has 104 valence electrons. The van der Waals surface area contributed by atoms with Gasteiger partial charge < -0.3 is 10.6 Å². The molecule has 0 aliphatic carbocycles. The number of hydrogen-bond acceptors (Lipinski definition) is 4. The van der Waals surface area contributed by atoms with Gasteiger partial charge in [0.2, 0.25) is 5.95 Å². The van der Waals surface area contributed by atoms with Crippen molar-refractivity contribution >= 4 is 39.7 Å². The van der Waals surface area contributed by atoms with Crippen LogP contribution >= 0.6 is 12.2 Å². The second kappa shape index (κ2) is 5.46. The molecule has 0 unspecified atom stereocenters. The predicted octanol–water partition coefficient (Wildman–Crippen LogP) is 3.03. The fraction of sp³-hybridized carbons (Fsp3) is 0.0625. The standard InChI is InChI=1S/C16H14N4S/c1-20(13-7-4-6-11(9-13)15(17)21)16-18-10-12-5-2-3-8-14(12)19-16/h2-10H,1H3,(H2,17,21). The molecule has 1 aromatic heterocycles. The van der Waals surface area contributed by atoms with E-state index in [1.807, 2.05) is 66.7 Å². The zero-order chi connectivity index (χ0) is 14.8. The second-order valence-electron chi connectivity index (χ2n) is 4.70. The molecule has 0 atom stereocenters. The molecule has 1 heterocycles. The van der Waals surface area contributed by atoms with Gasteiger partial charge in [-0.25, -0.2) is 9.97 Å². The van der Waals surface area contributed by atoms with Crippen LogP contribution in [0.1, 0.15) is 5.56 Å². The largest absolute Gasteiger partial charge is 0.389 e. The molecule has 0 amide bonds. The average Bonchev–Trinajstić information content (AvgIpc) is 2.53. The van der Waals surface area contributed by atoms with E-state index in [-0.39, 0.29) is 0 Å². The fourth-order valence-electron chi connectivity index (χ4n) is 2.11. The topological polar surface area (TPSA) is 55.0 Å². The quantitative estimate of drug-likeness (QED) is 0.752. The van der Waals surface area contributed by atoms with Crippen LogP contribution in [-0.2, 0) is 0 Å². The Morgan fingerprint density at radius 2 is 1.95 bits per heavy atom. The van der Waals surface area contributed by atoms with Crippen molar-refractivity contribution in [1.29, 1.82) is 0 Å². The average molecular weight is 294 g/mol. The molecular formula is C16H14N4S. The van der Waals surface area contributed by atoms with Crippen LogP contribution in [0, 0.1) is 0 Å². The Kier molecular flexibility index (Phi) is 3.50. The van der Waals surface area contributed by atoms with E-state index in [1.54, 1.807) is 0 Å². The zero-order valence-corrected chi connectivity index (χ0v) is 12.3. The summed E-state index contributed by atoms with van der Waals surface area (Å²) in [6, 6.07) is 15.6. The van der Waals surface area contributed by atoms with E-state index in [1.165, 1.54) is 0 Å². The van der Waals surface area contributed by atoms with Crippen molar-refractivity contribution in [3.05, 3.63) is 60.3 Å². The van der Waals surface area contributed by atoms with Gasteiger partial charge in [0.15, 0.2) is 0 Å². The van der Waals surface area contributed by atoms with E-state index < -0.39 is 0 Å². The highest BCUT2D eigenvalue weighted by molar-refractivity contribution is 7.80. The lowest BCUT2D eigenvalue weighted by molar-refractivity contribution is 1.07. The highest BCUT2D eigenvalue weighted by atomic mass is 32.1. The third-order valence-electron chi connectivity index (χ3n) is 3.29. The van der Waals surface area contributed by atoms with Crippen LogP contribution in [0.25, 0.3) is 10.9 Å². The van der Waals surface area contributed by atoms with Crippen molar-refractivity contribution in [3.8, 4) is 0 Å². The van der Waals surface area contributed by atoms with Crippen molar-refractivity contribution in [2.75, 3.05) is 11.9 Å². The Morgan fingerprint density at radius 3 is 2.76 bits per heavy atom. The number of fused-ring (bicyclic) bond motifs is 1. The first-order valence-corrected chi connectivity index (χ1v) is 6.91. The minimum atomic E-state index is 0.379. The lowest BCUT2D eigenvalue weighted by Crippen LogP contribution is -2.15. The molecule has 21 heavy (non-hydrogen) atoms. The minimum absolute atomic E-state index is 0.379. The number of nitrogens with two attached hydrogens (primary N) is 1. The molecule has 2 aromatic carbocycles. The monoisotopic (exact) mass is 294 g/mol. The van der Waals surface area contributed by atoms with Gasteiger partial charge in [-0.15, -0.1) is 0 Å². The minimum Gasteiger partial charge on any atom is -0.389 e. The van der Waals surface area contributed by atoms with E-state index in [4.69, 9.17) is 18.0 Å². The maximum Gasteiger partial charge on any atom is 0.230 e. The Hall–Kier alpha value is -2.53. The summed E-state index contributed by atoms with van der Waals surface area (Å²) in [5, 5.41) is 1.02. The molecule has 2 N–H and O–H groups in total. The molecular weight excluding hydrogens is 280 g/mol. The Morgan fingerprint density at radius 1 is 1.14 bits per heavy atom. The maximum atomic E-state index is 5.68. The number of hydrogen-bond donors (Lipinski definition) is 1. The van der Waals surface area contributed by atoms with Gasteiger partial charge in [-0.3, -0.25) is 0 Å². The second-order valence-corrected chi connectivity index (χ2v) is 5.14. The number of rotatable bonds is 3. The van der Waals surface area contributed by atoms with Crippen molar-refractivity contribution in [1.82, 2.24) is 9.97 Å². The molecule has 0 spiro atoms. The van der Waals surface area contributed by atoms with Gasteiger partial charge in [0.1, 0.15) is 4.99 Å². The van der Waals surface area contributed by atoms with Gasteiger partial charge in [0.25, 0.3) is 0 Å². The Bertz CT molecular complexity index is 816. The van der Waals surface area contributed by atoms with Gasteiger partial charge in [0.05, 0.1) is 5.52 Å². The lowest BCUT2D eigenvalue weighted by atomic mass is 10.2. The summed E-state index contributed by atoms with van der Waals surface area (Å²) < 4.78 is 0. The van der Waals surface area contributed by atoms with Crippen LogP contribution in [0.3, 0.4) is 0 Å². The zero-order valence-electron chi connectivity index (χ0n) is 11.5. The first-order valence-electron chi connectivity index (χ1n) is 6.50. The molecule has 0 radical (unpaired) electrons. The third-order valence-corrected chi connectivity index (χ3v) is 3.53. The van der Waals surface area contributed by atoms with Crippen molar-refractivity contribution < 1.29 is 0 Å². The first kappa shape index (κ1) is 13.5. The summed E-state index contributed by atoms with van der Waals surface area (Å²) in [7, 11) is 1.92. The molecule has 4 nitrogen and oxygen atoms in total. The number of para-hydroxylation sites is 1. The number of anilines is 2. The number of thiocarbonyl (C=S) groups is 1. The van der Waals surface area contributed by atoms with Crippen molar-refractivity contribution in [2.24, 2.45) is 5.73 Å². The summed E-state index contributed by atoms with van der Waals surface area (Å²) in [6.45, 7) is 0. The number of aromatic nitrogens is 2. The van der Waals surface area contributed by atoms with Crippen LogP contribution in [-0.4, -0.2) is 22.0 Å². The van der Waals surface area contributed by atoms with Crippen molar-refractivity contribution in [2.45, 2.75) is 0 Å². The van der Waals surface area contributed by atoms with Crippen molar-refractivity contribution in [3.63, 3.8) is 0 Å². The molecule has 3 aromatic rings. The highest BCUT2D eigenvalue weighted by Gasteiger charge is 2.09. The Balaban J connectivity index is 2.01. The van der Waals surface area contributed by atoms with E-state index >= 15 is 0 Å². The summed E-state index contributed by atoms with van der Waals surface area (Å²) in [6.07, 6.45) is 1.82. The normalized spacial score (nSPS) is 10.5. The van der Waals surface area contributed by atoms with Crippen LogP contribution in [0.4, 0.5) is 11.6 Å². The van der Waals surface area contributed by atoms with Gasteiger partial charge in [-0.2, -0.15) is 0 Å². The van der Waals surface area contributed by atoms with Gasteiger partial charge in [-0.1, -0.05) is 42.5 Å². The van der Waals surface area contributed by atoms with Crippen LogP contribution in [0.15, 0.2) is 54.7 Å². The first-order chi connectivity index (χ1) is 10.1. The lowest BCUT2D eigenvalue weighted by Gasteiger charge is -2.18. The molecule has 5 heteroatoms. The van der Waals surface area contributed by atoms with Crippen LogP contribution in [0.5, 0.6) is 0 Å². The molecule has 0 saturated carbocycles. The molecule has 0 aliphatic rings. The Labute approximate surface area is 128 Å². The van der Waals surface area contributed by atoms with E-state index in [2.05, 4.69) is 9.97 Å². The smallest absolute Gasteiger partial charge is 0.230 e. The van der Waals surface area contributed by atoms with Crippen LogP contribution in [0.2, 0.25) is 0 Å². The molecule has 0 fully saturated rings. The molecule has 3 rings (SSSR count). The van der Waals surface area contributed by atoms with E-state index in [0.29, 0.717) is 10.9 Å². The van der Waals surface area contributed by atoms with Crippen LogP contribution < -0.4 is 10.6 Å². The molecule has 0 bridgehead atoms.